The average Bonchev–Trinajstić information content (AvgIpc) is 2.93. The van der Waals surface area contributed by atoms with Gasteiger partial charge in [-0.3, -0.25) is 14.4 Å². The second kappa shape index (κ2) is 8.31. The summed E-state index contributed by atoms with van der Waals surface area (Å²) in [4.78, 5) is 40.8. The van der Waals surface area contributed by atoms with Gasteiger partial charge in [0.1, 0.15) is 6.04 Å². The number of likely N-dealkylation sites (N-methyl/N-ethyl adjacent to an activating group) is 1. The molecule has 0 radical (unpaired) electrons. The van der Waals surface area contributed by atoms with Gasteiger partial charge in [0.15, 0.2) is 0 Å². The fourth-order valence-electron chi connectivity index (χ4n) is 3.64. The molecule has 2 aliphatic heterocycles. The highest BCUT2D eigenvalue weighted by Gasteiger charge is 2.37. The summed E-state index contributed by atoms with van der Waals surface area (Å²) in [5, 5.41) is 5.23. The first-order chi connectivity index (χ1) is 12.6. The van der Waals surface area contributed by atoms with Gasteiger partial charge in [0.2, 0.25) is 0 Å². The third-order valence-electron chi connectivity index (χ3n) is 5.01. The maximum absolute atomic E-state index is 12.5. The Morgan fingerprint density at radius 2 is 1.85 bits per heavy atom. The molecule has 3 amide bonds. The van der Waals surface area contributed by atoms with Crippen LogP contribution >= 0.6 is 0 Å². The molecule has 3 rings (SSSR count). The summed E-state index contributed by atoms with van der Waals surface area (Å²) < 4.78 is 0. The number of nitrogens with one attached hydrogen (secondary N) is 2. The van der Waals surface area contributed by atoms with E-state index in [-0.39, 0.29) is 5.91 Å². The molecule has 0 bridgehead atoms. The maximum Gasteiger partial charge on any atom is 0.310 e. The minimum atomic E-state index is -0.800. The Kier molecular flexibility index (Phi) is 5.88. The van der Waals surface area contributed by atoms with Crippen molar-refractivity contribution in [2.24, 2.45) is 0 Å². The lowest BCUT2D eigenvalue weighted by atomic mass is 10.1. The summed E-state index contributed by atoms with van der Waals surface area (Å²) >= 11 is 0. The van der Waals surface area contributed by atoms with Crippen molar-refractivity contribution >= 4 is 23.4 Å². The van der Waals surface area contributed by atoms with E-state index in [2.05, 4.69) is 15.5 Å². The van der Waals surface area contributed by atoms with Crippen molar-refractivity contribution in [3.8, 4) is 0 Å². The number of benzene rings is 1. The molecule has 1 fully saturated rings. The summed E-state index contributed by atoms with van der Waals surface area (Å²) in [7, 11) is 0. The number of piperidine rings is 1. The number of fused-ring (bicyclic) bond motifs is 1. The van der Waals surface area contributed by atoms with Gasteiger partial charge in [0, 0.05) is 30.9 Å². The van der Waals surface area contributed by atoms with Gasteiger partial charge in [0.05, 0.1) is 0 Å². The zero-order chi connectivity index (χ0) is 18.5. The lowest BCUT2D eigenvalue weighted by Gasteiger charge is -2.26. The highest BCUT2D eigenvalue weighted by molar-refractivity contribution is 6.35. The number of para-hydroxylation sites is 1. The molecule has 140 valence electrons. The lowest BCUT2D eigenvalue weighted by Crippen LogP contribution is -2.46. The molecular weight excluding hydrogens is 332 g/mol. The smallest absolute Gasteiger partial charge is 0.310 e. The molecule has 1 saturated heterocycles. The van der Waals surface area contributed by atoms with Gasteiger partial charge in [-0.2, -0.15) is 0 Å². The second-order valence-electron chi connectivity index (χ2n) is 6.71. The van der Waals surface area contributed by atoms with Crippen molar-refractivity contribution in [2.45, 2.75) is 32.2 Å². The van der Waals surface area contributed by atoms with E-state index in [1.807, 2.05) is 31.2 Å². The van der Waals surface area contributed by atoms with Gasteiger partial charge in [-0.05, 0) is 38.9 Å². The molecule has 7 nitrogen and oxygen atoms in total. The molecule has 26 heavy (non-hydrogen) atoms. The Labute approximate surface area is 153 Å². The number of rotatable bonds is 5. The molecule has 0 spiro atoms. The van der Waals surface area contributed by atoms with Crippen LogP contribution in [0.1, 0.15) is 37.8 Å². The van der Waals surface area contributed by atoms with Crippen LogP contribution in [0, 0.1) is 0 Å². The van der Waals surface area contributed by atoms with Crippen LogP contribution in [0.4, 0.5) is 5.69 Å². The molecule has 2 heterocycles. The summed E-state index contributed by atoms with van der Waals surface area (Å²) in [6.07, 6.45) is 3.63. The van der Waals surface area contributed by atoms with Crippen molar-refractivity contribution in [3.05, 3.63) is 29.8 Å². The largest absolute Gasteiger partial charge is 0.347 e. The van der Waals surface area contributed by atoms with Crippen molar-refractivity contribution in [1.82, 2.24) is 15.5 Å². The number of carbonyl (C=O) groups excluding carboxylic acids is 3. The molecule has 0 aliphatic carbocycles. The monoisotopic (exact) mass is 358 g/mol. The van der Waals surface area contributed by atoms with Crippen LogP contribution < -0.4 is 15.5 Å². The molecule has 1 aromatic rings. The van der Waals surface area contributed by atoms with Crippen LogP contribution in [0.25, 0.3) is 0 Å². The number of anilines is 1. The summed E-state index contributed by atoms with van der Waals surface area (Å²) in [5.74, 6) is -1.67. The third-order valence-corrected chi connectivity index (χ3v) is 5.01. The molecule has 1 aromatic carbocycles. The van der Waals surface area contributed by atoms with Crippen molar-refractivity contribution < 1.29 is 14.4 Å². The number of likely N-dealkylation sites (tertiary alicyclic amines) is 1. The normalized spacial score (nSPS) is 20.0. The summed E-state index contributed by atoms with van der Waals surface area (Å²) in [6.45, 7) is 5.66. The van der Waals surface area contributed by atoms with Gasteiger partial charge in [-0.25, -0.2) is 0 Å². The van der Waals surface area contributed by atoms with Crippen molar-refractivity contribution in [3.63, 3.8) is 0 Å². The zero-order valence-electron chi connectivity index (χ0n) is 15.2. The molecular formula is C19H26N4O3. The molecule has 7 heteroatoms. The Morgan fingerprint density at radius 3 is 2.58 bits per heavy atom. The highest BCUT2D eigenvalue weighted by Crippen LogP contribution is 2.35. The van der Waals surface area contributed by atoms with Gasteiger partial charge in [0.25, 0.3) is 5.91 Å². The molecule has 1 atom stereocenters. The standard InChI is InChI=1S/C19H26N4O3/c1-2-23-15-9-5-4-8-14(15)16(19(23)26)21-18(25)17(24)20-10-13-22-11-6-3-7-12-22/h4-5,8-9,16H,2-3,6-7,10-13H2,1H3,(H,20,24)(H,21,25). The van der Waals surface area contributed by atoms with Gasteiger partial charge >= 0.3 is 11.8 Å². The molecule has 1 unspecified atom stereocenters. The molecule has 2 aliphatic rings. The van der Waals surface area contributed by atoms with E-state index in [0.717, 1.165) is 30.9 Å². The van der Waals surface area contributed by atoms with E-state index in [1.54, 1.807) is 4.90 Å². The van der Waals surface area contributed by atoms with Crippen LogP contribution in [-0.4, -0.2) is 55.3 Å². The highest BCUT2D eigenvalue weighted by atomic mass is 16.2. The average molecular weight is 358 g/mol. The van der Waals surface area contributed by atoms with Crippen molar-refractivity contribution in [1.29, 1.82) is 0 Å². The quantitative estimate of drug-likeness (QED) is 0.764. The maximum atomic E-state index is 12.5. The van der Waals surface area contributed by atoms with Crippen LogP contribution in [-0.2, 0) is 14.4 Å². The molecule has 0 aromatic heterocycles. The number of hydrogen-bond acceptors (Lipinski definition) is 4. The second-order valence-corrected chi connectivity index (χ2v) is 6.71. The van der Waals surface area contributed by atoms with Crippen LogP contribution in [0.2, 0.25) is 0 Å². The van der Waals surface area contributed by atoms with Gasteiger partial charge in [-0.15, -0.1) is 0 Å². The van der Waals surface area contributed by atoms with Crippen molar-refractivity contribution in [2.75, 3.05) is 37.6 Å². The fraction of sp³-hybridized carbons (Fsp3) is 0.526. The van der Waals surface area contributed by atoms with E-state index >= 15 is 0 Å². The first-order valence-corrected chi connectivity index (χ1v) is 9.33. The van der Waals surface area contributed by atoms with E-state index in [1.165, 1.54) is 19.3 Å². The third kappa shape index (κ3) is 3.88. The molecule has 0 saturated carbocycles. The van der Waals surface area contributed by atoms with Gasteiger partial charge in [-0.1, -0.05) is 24.6 Å². The Balaban J connectivity index is 1.54. The Bertz CT molecular complexity index is 685. The summed E-state index contributed by atoms with van der Waals surface area (Å²) in [6, 6.07) is 6.53. The molecule has 2 N–H and O–H groups in total. The fourth-order valence-corrected chi connectivity index (χ4v) is 3.64. The number of amides is 3. The van der Waals surface area contributed by atoms with Crippen LogP contribution in [0.3, 0.4) is 0 Å². The van der Waals surface area contributed by atoms with E-state index in [4.69, 9.17) is 0 Å². The van der Waals surface area contributed by atoms with Gasteiger partial charge < -0.3 is 20.4 Å². The topological polar surface area (TPSA) is 81.8 Å². The van der Waals surface area contributed by atoms with Crippen LogP contribution in [0.15, 0.2) is 24.3 Å². The number of carbonyl (C=O) groups is 3. The summed E-state index contributed by atoms with van der Waals surface area (Å²) in [5.41, 5.74) is 1.52. The Morgan fingerprint density at radius 1 is 1.12 bits per heavy atom. The van der Waals surface area contributed by atoms with E-state index < -0.39 is 17.9 Å². The van der Waals surface area contributed by atoms with Crippen LogP contribution in [0.5, 0.6) is 0 Å². The van der Waals surface area contributed by atoms with E-state index in [9.17, 15) is 14.4 Å². The predicted octanol–water partition coefficient (Wildman–Crippen LogP) is 0.813. The number of hydrogen-bond donors (Lipinski definition) is 2. The zero-order valence-corrected chi connectivity index (χ0v) is 15.2. The minimum Gasteiger partial charge on any atom is -0.347 e. The minimum absolute atomic E-state index is 0.205. The lowest BCUT2D eigenvalue weighted by molar-refractivity contribution is -0.140. The SMILES string of the molecule is CCN1C(=O)C(NC(=O)C(=O)NCCN2CCCCC2)c2ccccc21. The predicted molar refractivity (Wildman–Crippen MR) is 98.7 cm³/mol. The Hall–Kier alpha value is -2.41. The first kappa shape index (κ1) is 18.4. The van der Waals surface area contributed by atoms with E-state index in [0.29, 0.717) is 13.1 Å². The number of nitrogens with zero attached hydrogens (tertiary/aromatic N) is 2. The first-order valence-electron chi connectivity index (χ1n) is 9.33.